The van der Waals surface area contributed by atoms with Gasteiger partial charge in [0.2, 0.25) is 5.90 Å². The highest BCUT2D eigenvalue weighted by Gasteiger charge is 2.26. The van der Waals surface area contributed by atoms with Crippen molar-refractivity contribution in [1.82, 2.24) is 0 Å². The van der Waals surface area contributed by atoms with Gasteiger partial charge in [0, 0.05) is 10.0 Å². The molecule has 3 nitrogen and oxygen atoms in total. The highest BCUT2D eigenvalue weighted by Crippen LogP contribution is 2.26. The zero-order chi connectivity index (χ0) is 15.7. The van der Waals surface area contributed by atoms with E-state index in [9.17, 15) is 9.18 Å². The standard InChI is InChI=1S/C16H8Cl2FNO2/c17-10-6-5-9(12(18)8-10)7-14-16(21)22-15(20-14)11-3-1-2-4-13(11)19/h1-8H. The summed E-state index contributed by atoms with van der Waals surface area (Å²) in [4.78, 5) is 15.9. The first-order valence-electron chi connectivity index (χ1n) is 6.27. The topological polar surface area (TPSA) is 38.7 Å². The molecule has 2 aromatic rings. The molecule has 1 heterocycles. The molecule has 1 aliphatic rings. The van der Waals surface area contributed by atoms with E-state index in [0.717, 1.165) is 0 Å². The summed E-state index contributed by atoms with van der Waals surface area (Å²) in [5.41, 5.74) is 0.737. The lowest BCUT2D eigenvalue weighted by molar-refractivity contribution is -0.129. The van der Waals surface area contributed by atoms with Gasteiger partial charge >= 0.3 is 5.97 Å². The fourth-order valence-corrected chi connectivity index (χ4v) is 2.39. The zero-order valence-corrected chi connectivity index (χ0v) is 12.5. The van der Waals surface area contributed by atoms with Crippen molar-refractivity contribution in [2.24, 2.45) is 4.99 Å². The number of aliphatic imine (C=N–C) groups is 1. The number of cyclic esters (lactones) is 1. The third-order valence-electron chi connectivity index (χ3n) is 2.98. The average molecular weight is 336 g/mol. The highest BCUT2D eigenvalue weighted by atomic mass is 35.5. The molecule has 2 aromatic carbocycles. The van der Waals surface area contributed by atoms with Crippen molar-refractivity contribution in [2.45, 2.75) is 0 Å². The third kappa shape index (κ3) is 2.89. The molecule has 0 saturated carbocycles. The van der Waals surface area contributed by atoms with Crippen LogP contribution in [0.1, 0.15) is 11.1 Å². The minimum absolute atomic E-state index is 0.0440. The number of hydrogen-bond donors (Lipinski definition) is 0. The van der Waals surface area contributed by atoms with Gasteiger partial charge in [0.25, 0.3) is 0 Å². The van der Waals surface area contributed by atoms with Gasteiger partial charge in [0.05, 0.1) is 5.56 Å². The first-order chi connectivity index (χ1) is 10.5. The van der Waals surface area contributed by atoms with Crippen LogP contribution in [0.2, 0.25) is 10.0 Å². The first-order valence-corrected chi connectivity index (χ1v) is 7.03. The second-order valence-corrected chi connectivity index (χ2v) is 5.33. The molecule has 0 saturated heterocycles. The lowest BCUT2D eigenvalue weighted by Crippen LogP contribution is -2.07. The maximum Gasteiger partial charge on any atom is 0.363 e. The fraction of sp³-hybridized carbons (Fsp3) is 0. The molecule has 0 aromatic heterocycles. The minimum atomic E-state index is -0.663. The third-order valence-corrected chi connectivity index (χ3v) is 3.54. The van der Waals surface area contributed by atoms with E-state index in [4.69, 9.17) is 27.9 Å². The molecule has 0 aliphatic carbocycles. The second kappa shape index (κ2) is 5.91. The van der Waals surface area contributed by atoms with Crippen LogP contribution < -0.4 is 0 Å². The van der Waals surface area contributed by atoms with Crippen molar-refractivity contribution >= 4 is 41.1 Å². The molecule has 110 valence electrons. The molecule has 0 spiro atoms. The van der Waals surface area contributed by atoms with Crippen LogP contribution >= 0.6 is 23.2 Å². The molecule has 0 bridgehead atoms. The largest absolute Gasteiger partial charge is 0.402 e. The van der Waals surface area contributed by atoms with Gasteiger partial charge in [0.1, 0.15) is 5.82 Å². The number of hydrogen-bond acceptors (Lipinski definition) is 3. The molecular formula is C16H8Cl2FNO2. The zero-order valence-electron chi connectivity index (χ0n) is 11.0. The summed E-state index contributed by atoms with van der Waals surface area (Å²) in [5, 5.41) is 0.860. The molecule has 0 amide bonds. The number of nitrogens with zero attached hydrogens (tertiary/aromatic N) is 1. The first kappa shape index (κ1) is 14.8. The number of carbonyl (C=O) groups is 1. The highest BCUT2D eigenvalue weighted by molar-refractivity contribution is 6.35. The summed E-state index contributed by atoms with van der Waals surface area (Å²) >= 11 is 11.9. The van der Waals surface area contributed by atoms with Gasteiger partial charge in [-0.3, -0.25) is 0 Å². The van der Waals surface area contributed by atoms with Gasteiger partial charge in [-0.25, -0.2) is 14.2 Å². The monoisotopic (exact) mass is 335 g/mol. The molecule has 22 heavy (non-hydrogen) atoms. The van der Waals surface area contributed by atoms with E-state index in [-0.39, 0.29) is 17.2 Å². The van der Waals surface area contributed by atoms with Crippen molar-refractivity contribution in [3.63, 3.8) is 0 Å². The van der Waals surface area contributed by atoms with E-state index in [0.29, 0.717) is 15.6 Å². The van der Waals surface area contributed by atoms with E-state index < -0.39 is 11.8 Å². The number of esters is 1. The van der Waals surface area contributed by atoms with Crippen LogP contribution in [0.3, 0.4) is 0 Å². The summed E-state index contributed by atoms with van der Waals surface area (Å²) in [5.74, 6) is -1.25. The molecule has 3 rings (SSSR count). The Morgan fingerprint density at radius 1 is 1.14 bits per heavy atom. The van der Waals surface area contributed by atoms with E-state index in [2.05, 4.69) is 4.99 Å². The van der Waals surface area contributed by atoms with Crippen LogP contribution in [0, 0.1) is 5.82 Å². The molecule has 0 atom stereocenters. The van der Waals surface area contributed by atoms with Crippen LogP contribution in [0.25, 0.3) is 6.08 Å². The minimum Gasteiger partial charge on any atom is -0.402 e. The Labute approximate surface area is 135 Å². The van der Waals surface area contributed by atoms with Crippen LogP contribution in [0.5, 0.6) is 0 Å². The number of halogens is 3. The summed E-state index contributed by atoms with van der Waals surface area (Å²) in [6.07, 6.45) is 1.47. The Morgan fingerprint density at radius 2 is 1.91 bits per heavy atom. The van der Waals surface area contributed by atoms with E-state index in [1.165, 1.54) is 18.2 Å². The van der Waals surface area contributed by atoms with Crippen molar-refractivity contribution in [1.29, 1.82) is 0 Å². The van der Waals surface area contributed by atoms with Gasteiger partial charge in [0.15, 0.2) is 5.70 Å². The summed E-state index contributed by atoms with van der Waals surface area (Å²) in [6.45, 7) is 0. The SMILES string of the molecule is O=C1OC(c2ccccc2F)=NC1=Cc1ccc(Cl)cc1Cl. The van der Waals surface area contributed by atoms with Gasteiger partial charge in [-0.05, 0) is 35.9 Å². The van der Waals surface area contributed by atoms with Gasteiger partial charge < -0.3 is 4.74 Å². The van der Waals surface area contributed by atoms with Gasteiger partial charge in [-0.15, -0.1) is 0 Å². The molecule has 6 heteroatoms. The Hall–Kier alpha value is -2.17. The maximum atomic E-state index is 13.7. The molecule has 0 N–H and O–H groups in total. The van der Waals surface area contributed by atoms with E-state index in [1.807, 2.05) is 0 Å². The van der Waals surface area contributed by atoms with Crippen LogP contribution in [-0.2, 0) is 9.53 Å². The van der Waals surface area contributed by atoms with Gasteiger partial charge in [-0.1, -0.05) is 41.4 Å². The summed E-state index contributed by atoms with van der Waals surface area (Å²) < 4.78 is 18.7. The van der Waals surface area contributed by atoms with Crippen LogP contribution in [0.15, 0.2) is 53.2 Å². The number of ether oxygens (including phenoxy) is 1. The Morgan fingerprint density at radius 3 is 2.64 bits per heavy atom. The van der Waals surface area contributed by atoms with E-state index in [1.54, 1.807) is 30.3 Å². The lowest BCUT2D eigenvalue weighted by atomic mass is 10.2. The summed E-state index contributed by atoms with van der Waals surface area (Å²) in [6, 6.07) is 10.8. The average Bonchev–Trinajstić information content (AvgIpc) is 2.83. The quantitative estimate of drug-likeness (QED) is 0.599. The second-order valence-electron chi connectivity index (χ2n) is 4.48. The van der Waals surface area contributed by atoms with Crippen molar-refractivity contribution in [3.8, 4) is 0 Å². The molecule has 1 aliphatic heterocycles. The van der Waals surface area contributed by atoms with Crippen LogP contribution in [-0.4, -0.2) is 11.9 Å². The van der Waals surface area contributed by atoms with Gasteiger partial charge in [-0.2, -0.15) is 0 Å². The number of benzene rings is 2. The predicted octanol–water partition coefficient (Wildman–Crippen LogP) is 4.48. The Kier molecular flexibility index (Phi) is 3.96. The van der Waals surface area contributed by atoms with E-state index >= 15 is 0 Å². The Bertz CT molecular complexity index is 831. The predicted molar refractivity (Wildman–Crippen MR) is 83.5 cm³/mol. The van der Waals surface area contributed by atoms with Crippen molar-refractivity contribution in [3.05, 3.63) is 75.2 Å². The summed E-state index contributed by atoms with van der Waals surface area (Å²) in [7, 11) is 0. The fourth-order valence-electron chi connectivity index (χ4n) is 1.92. The molecule has 0 fully saturated rings. The smallest absolute Gasteiger partial charge is 0.363 e. The molecule has 0 radical (unpaired) electrons. The Balaban J connectivity index is 2.00. The van der Waals surface area contributed by atoms with Crippen molar-refractivity contribution in [2.75, 3.05) is 0 Å². The lowest BCUT2D eigenvalue weighted by Gasteiger charge is -1.99. The van der Waals surface area contributed by atoms with Crippen molar-refractivity contribution < 1.29 is 13.9 Å². The number of carbonyl (C=O) groups excluding carboxylic acids is 1. The molecule has 0 unspecified atom stereocenters. The maximum absolute atomic E-state index is 13.7. The van der Waals surface area contributed by atoms with Crippen LogP contribution in [0.4, 0.5) is 4.39 Å². The molecular weight excluding hydrogens is 328 g/mol. The normalized spacial score (nSPS) is 15.9. The number of rotatable bonds is 2.